The number of carbonyl (C=O) groups excluding carboxylic acids is 2. The highest BCUT2D eigenvalue weighted by molar-refractivity contribution is 9.10. The van der Waals surface area contributed by atoms with Gasteiger partial charge in [0.1, 0.15) is 11.6 Å². The monoisotopic (exact) mass is 482 g/mol. The van der Waals surface area contributed by atoms with Gasteiger partial charge >= 0.3 is 0 Å². The Bertz CT molecular complexity index is 888. The number of hydrogen-bond donors (Lipinski definition) is 0. The maximum atomic E-state index is 13.9. The Balaban J connectivity index is 1.43. The van der Waals surface area contributed by atoms with E-state index in [1.54, 1.807) is 9.80 Å². The number of nitrogens with zero attached hydrogens (tertiary/aromatic N) is 2. The molecular weight excluding hydrogens is 463 g/mol. The van der Waals surface area contributed by atoms with E-state index in [2.05, 4.69) is 15.9 Å². The van der Waals surface area contributed by atoms with Crippen molar-refractivity contribution < 1.29 is 18.7 Å². The lowest BCUT2D eigenvalue weighted by Crippen LogP contribution is -2.50. The van der Waals surface area contributed by atoms with Gasteiger partial charge < -0.3 is 14.5 Å². The molecule has 29 heavy (non-hydrogen) atoms. The van der Waals surface area contributed by atoms with Crippen LogP contribution in [-0.2, 0) is 4.79 Å². The molecule has 0 N–H and O–H groups in total. The second-order valence-electron chi connectivity index (χ2n) is 6.68. The highest BCUT2D eigenvalue weighted by Gasteiger charge is 2.26. The van der Waals surface area contributed by atoms with Gasteiger partial charge in [0, 0.05) is 37.6 Å². The van der Waals surface area contributed by atoms with Crippen LogP contribution in [0.5, 0.6) is 5.75 Å². The number of ether oxygens (including phenoxy) is 1. The minimum atomic E-state index is -0.594. The summed E-state index contributed by atoms with van der Waals surface area (Å²) in [6, 6.07) is 11.5. The molecule has 1 aliphatic heterocycles. The largest absolute Gasteiger partial charge is 0.492 e. The third-order valence-corrected chi connectivity index (χ3v) is 5.60. The number of hydrogen-bond acceptors (Lipinski definition) is 3. The van der Waals surface area contributed by atoms with Crippen molar-refractivity contribution in [3.63, 3.8) is 0 Å². The van der Waals surface area contributed by atoms with Gasteiger partial charge in [0.25, 0.3) is 5.91 Å². The standard InChI is InChI=1S/C21H21BrClFN2O3/c22-17-4-1-2-5-19(17)29-13-3-6-20(27)25-9-11-26(12-10-25)21(28)16-14-15(23)7-8-18(16)24/h1-2,4-5,7-8,14H,3,6,9-13H2. The first-order valence-corrected chi connectivity index (χ1v) is 10.5. The van der Waals surface area contributed by atoms with E-state index in [1.165, 1.54) is 18.2 Å². The number of halogens is 3. The fourth-order valence-corrected chi connectivity index (χ4v) is 3.69. The summed E-state index contributed by atoms with van der Waals surface area (Å²) < 4.78 is 20.5. The predicted octanol–water partition coefficient (Wildman–Crippen LogP) is 4.39. The van der Waals surface area contributed by atoms with Crippen molar-refractivity contribution in [2.45, 2.75) is 12.8 Å². The number of rotatable bonds is 6. The van der Waals surface area contributed by atoms with Gasteiger partial charge in [0.05, 0.1) is 16.6 Å². The quantitative estimate of drug-likeness (QED) is 0.573. The summed E-state index contributed by atoms with van der Waals surface area (Å²) in [4.78, 5) is 28.2. The van der Waals surface area contributed by atoms with Crippen LogP contribution in [0.15, 0.2) is 46.9 Å². The molecule has 0 spiro atoms. The van der Waals surface area contributed by atoms with Crippen molar-refractivity contribution >= 4 is 39.3 Å². The lowest BCUT2D eigenvalue weighted by atomic mass is 10.1. The fourth-order valence-electron chi connectivity index (χ4n) is 3.12. The predicted molar refractivity (Wildman–Crippen MR) is 113 cm³/mol. The minimum absolute atomic E-state index is 0.0294. The van der Waals surface area contributed by atoms with Crippen LogP contribution in [0.25, 0.3) is 0 Å². The van der Waals surface area contributed by atoms with Crippen LogP contribution in [-0.4, -0.2) is 54.4 Å². The van der Waals surface area contributed by atoms with Crippen molar-refractivity contribution in [1.29, 1.82) is 0 Å². The third kappa shape index (κ3) is 5.70. The van der Waals surface area contributed by atoms with E-state index in [-0.39, 0.29) is 11.5 Å². The molecule has 1 heterocycles. The molecule has 0 atom stereocenters. The molecule has 0 aromatic heterocycles. The molecule has 2 aromatic carbocycles. The second-order valence-corrected chi connectivity index (χ2v) is 7.97. The molecule has 0 unspecified atom stereocenters. The van der Waals surface area contributed by atoms with E-state index in [4.69, 9.17) is 16.3 Å². The Hall–Kier alpha value is -2.12. The van der Waals surface area contributed by atoms with E-state index in [9.17, 15) is 14.0 Å². The summed E-state index contributed by atoms with van der Waals surface area (Å²) in [7, 11) is 0. The summed E-state index contributed by atoms with van der Waals surface area (Å²) in [6.07, 6.45) is 0.981. The van der Waals surface area contributed by atoms with Crippen LogP contribution in [0.4, 0.5) is 4.39 Å². The normalized spacial score (nSPS) is 14.0. The lowest BCUT2D eigenvalue weighted by Gasteiger charge is -2.35. The van der Waals surface area contributed by atoms with Crippen molar-refractivity contribution in [2.24, 2.45) is 0 Å². The Morgan fingerprint density at radius 3 is 2.48 bits per heavy atom. The Morgan fingerprint density at radius 2 is 1.76 bits per heavy atom. The van der Waals surface area contributed by atoms with E-state index in [0.29, 0.717) is 50.7 Å². The van der Waals surface area contributed by atoms with Crippen LogP contribution < -0.4 is 4.74 Å². The fraction of sp³-hybridized carbons (Fsp3) is 0.333. The van der Waals surface area contributed by atoms with E-state index < -0.39 is 11.7 Å². The van der Waals surface area contributed by atoms with Gasteiger partial charge in [-0.25, -0.2) is 4.39 Å². The SMILES string of the molecule is O=C(CCCOc1ccccc1Br)N1CCN(C(=O)c2cc(Cl)ccc2F)CC1. The van der Waals surface area contributed by atoms with Gasteiger partial charge in [-0.1, -0.05) is 23.7 Å². The van der Waals surface area contributed by atoms with Gasteiger partial charge in [-0.2, -0.15) is 0 Å². The van der Waals surface area contributed by atoms with E-state index in [1.807, 2.05) is 24.3 Å². The highest BCUT2D eigenvalue weighted by atomic mass is 79.9. The molecule has 1 aliphatic rings. The van der Waals surface area contributed by atoms with Gasteiger partial charge in [-0.15, -0.1) is 0 Å². The van der Waals surface area contributed by atoms with Crippen LogP contribution in [0.2, 0.25) is 5.02 Å². The Morgan fingerprint density at radius 1 is 1.07 bits per heavy atom. The molecule has 1 saturated heterocycles. The molecule has 8 heteroatoms. The molecule has 0 saturated carbocycles. The highest BCUT2D eigenvalue weighted by Crippen LogP contribution is 2.24. The zero-order chi connectivity index (χ0) is 20.8. The van der Waals surface area contributed by atoms with Crippen LogP contribution in [0, 0.1) is 5.82 Å². The topological polar surface area (TPSA) is 49.9 Å². The van der Waals surface area contributed by atoms with Crippen LogP contribution in [0.3, 0.4) is 0 Å². The van der Waals surface area contributed by atoms with Crippen molar-refractivity contribution in [2.75, 3.05) is 32.8 Å². The first-order valence-electron chi connectivity index (χ1n) is 9.35. The average molecular weight is 484 g/mol. The Labute approximate surface area is 182 Å². The number of piperazine rings is 1. The molecule has 5 nitrogen and oxygen atoms in total. The average Bonchev–Trinajstić information content (AvgIpc) is 2.73. The molecule has 0 radical (unpaired) electrons. The number of amides is 2. The van der Waals surface area contributed by atoms with Gasteiger partial charge in [0.15, 0.2) is 0 Å². The molecule has 0 aliphatic carbocycles. The summed E-state index contributed by atoms with van der Waals surface area (Å²) in [6.45, 7) is 2.03. The molecule has 2 aromatic rings. The Kier molecular flexibility index (Phi) is 7.50. The maximum Gasteiger partial charge on any atom is 0.257 e. The molecule has 3 rings (SSSR count). The molecule has 1 fully saturated rings. The maximum absolute atomic E-state index is 13.9. The number of benzene rings is 2. The van der Waals surface area contributed by atoms with Crippen LogP contribution >= 0.6 is 27.5 Å². The molecule has 0 bridgehead atoms. The molecule has 154 valence electrons. The van der Waals surface area contributed by atoms with Gasteiger partial charge in [-0.3, -0.25) is 9.59 Å². The van der Waals surface area contributed by atoms with Gasteiger partial charge in [0.2, 0.25) is 5.91 Å². The summed E-state index contributed by atoms with van der Waals surface area (Å²) in [5, 5.41) is 0.313. The smallest absolute Gasteiger partial charge is 0.257 e. The van der Waals surface area contributed by atoms with Gasteiger partial charge in [-0.05, 0) is 52.7 Å². The summed E-state index contributed by atoms with van der Waals surface area (Å²) in [5.41, 5.74) is -0.0403. The van der Waals surface area contributed by atoms with E-state index >= 15 is 0 Å². The molecular formula is C21H21BrClFN2O3. The number of carbonyl (C=O) groups is 2. The number of para-hydroxylation sites is 1. The minimum Gasteiger partial charge on any atom is -0.492 e. The molecule has 2 amide bonds. The van der Waals surface area contributed by atoms with Crippen LogP contribution in [0.1, 0.15) is 23.2 Å². The summed E-state index contributed by atoms with van der Waals surface area (Å²) in [5.74, 6) is -0.219. The lowest BCUT2D eigenvalue weighted by molar-refractivity contribution is -0.132. The first-order chi connectivity index (χ1) is 14.0. The zero-order valence-electron chi connectivity index (χ0n) is 15.7. The van der Waals surface area contributed by atoms with Crippen molar-refractivity contribution in [3.8, 4) is 5.75 Å². The first kappa shape index (κ1) is 21.6. The zero-order valence-corrected chi connectivity index (χ0v) is 18.1. The van der Waals surface area contributed by atoms with E-state index in [0.717, 1.165) is 10.2 Å². The van der Waals surface area contributed by atoms with Crippen molar-refractivity contribution in [1.82, 2.24) is 9.80 Å². The van der Waals surface area contributed by atoms with Crippen molar-refractivity contribution in [3.05, 3.63) is 63.3 Å². The third-order valence-electron chi connectivity index (χ3n) is 4.71. The summed E-state index contributed by atoms with van der Waals surface area (Å²) >= 11 is 9.29. The second kappa shape index (κ2) is 10.1.